The first-order valence-corrected chi connectivity index (χ1v) is 16.8. The van der Waals surface area contributed by atoms with Crippen molar-refractivity contribution in [3.05, 3.63) is 120 Å². The summed E-state index contributed by atoms with van der Waals surface area (Å²) in [6.07, 6.45) is 7.18. The number of pyridine rings is 2. The van der Waals surface area contributed by atoms with Crippen LogP contribution in [0.25, 0.3) is 0 Å². The number of likely N-dealkylation sites (tertiary alicyclic amines) is 1. The molecule has 0 bridgehead atoms. The fraction of sp³-hybridized carbons (Fsp3) is 0.286. The fourth-order valence-corrected chi connectivity index (χ4v) is 7.51. The topological polar surface area (TPSA) is 83.4 Å². The van der Waals surface area contributed by atoms with Gasteiger partial charge in [-0.3, -0.25) is 9.88 Å². The maximum atomic E-state index is 10.1. The number of aliphatic hydroxyl groups is 1. The summed E-state index contributed by atoms with van der Waals surface area (Å²) in [4.78, 5) is 17.6. The molecule has 44 heavy (non-hydrogen) atoms. The van der Waals surface area contributed by atoms with Gasteiger partial charge in [-0.2, -0.15) is 0 Å². The number of thioether (sulfide) groups is 1. The number of piperidine rings is 1. The van der Waals surface area contributed by atoms with Crippen LogP contribution in [0.5, 0.6) is 11.5 Å². The second-order valence-corrected chi connectivity index (χ2v) is 13.1. The van der Waals surface area contributed by atoms with Crippen molar-refractivity contribution in [3.63, 3.8) is 0 Å². The Labute approximate surface area is 267 Å². The number of aryl methyl sites for hydroxylation is 2. The zero-order valence-corrected chi connectivity index (χ0v) is 26.4. The molecule has 2 N–H and O–H groups in total. The quantitative estimate of drug-likeness (QED) is 0.135. The molecule has 1 aliphatic rings. The van der Waals surface area contributed by atoms with Crippen LogP contribution in [0, 0.1) is 5.92 Å². The van der Waals surface area contributed by atoms with Crippen LogP contribution in [-0.2, 0) is 12.8 Å². The lowest BCUT2D eigenvalue weighted by Crippen LogP contribution is -2.40. The SMILES string of the molecule is CC(O)N1CCC(C(Sc2cnc(Nc3nc(CCc4ccccc4)cs3)c(Oc3ccccc3)c2)c2ccccn2)CC1. The van der Waals surface area contributed by atoms with Crippen LogP contribution in [-0.4, -0.2) is 44.3 Å². The first-order valence-electron chi connectivity index (χ1n) is 15.1. The first-order chi connectivity index (χ1) is 21.6. The van der Waals surface area contributed by atoms with Crippen molar-refractivity contribution in [1.82, 2.24) is 19.9 Å². The van der Waals surface area contributed by atoms with Crippen LogP contribution in [0.3, 0.4) is 0 Å². The van der Waals surface area contributed by atoms with Crippen LogP contribution in [0.15, 0.2) is 108 Å². The summed E-state index contributed by atoms with van der Waals surface area (Å²) in [6.45, 7) is 3.59. The van der Waals surface area contributed by atoms with E-state index in [1.165, 1.54) is 5.56 Å². The molecular formula is C35H37N5O2S2. The number of aliphatic hydroxyl groups excluding tert-OH is 1. The van der Waals surface area contributed by atoms with Crippen molar-refractivity contribution >= 4 is 34.0 Å². The number of benzene rings is 2. The summed E-state index contributed by atoms with van der Waals surface area (Å²) in [5, 5.41) is 16.6. The van der Waals surface area contributed by atoms with Crippen LogP contribution in [0.4, 0.5) is 10.9 Å². The van der Waals surface area contributed by atoms with Gasteiger partial charge in [-0.15, -0.1) is 23.1 Å². The highest BCUT2D eigenvalue weighted by Crippen LogP contribution is 2.45. The summed E-state index contributed by atoms with van der Waals surface area (Å²) in [5.41, 5.74) is 3.42. The maximum Gasteiger partial charge on any atom is 0.188 e. The van der Waals surface area contributed by atoms with Crippen molar-refractivity contribution < 1.29 is 9.84 Å². The van der Waals surface area contributed by atoms with E-state index in [-0.39, 0.29) is 5.25 Å². The number of hydrogen-bond donors (Lipinski definition) is 2. The zero-order chi connectivity index (χ0) is 30.1. The largest absolute Gasteiger partial charge is 0.453 e. The van der Waals surface area contributed by atoms with Gasteiger partial charge in [0.05, 0.1) is 16.6 Å². The molecule has 7 nitrogen and oxygen atoms in total. The lowest BCUT2D eigenvalue weighted by atomic mass is 9.91. The molecule has 2 unspecified atom stereocenters. The highest BCUT2D eigenvalue weighted by Gasteiger charge is 2.31. The van der Waals surface area contributed by atoms with Crippen LogP contribution in [0.1, 0.15) is 42.0 Å². The fourth-order valence-electron chi connectivity index (χ4n) is 5.46. The van der Waals surface area contributed by atoms with E-state index in [1.807, 2.05) is 61.8 Å². The summed E-state index contributed by atoms with van der Waals surface area (Å²) >= 11 is 3.35. The van der Waals surface area contributed by atoms with Gasteiger partial charge in [-0.1, -0.05) is 54.6 Å². The molecule has 1 aliphatic heterocycles. The Kier molecular flexibility index (Phi) is 10.2. The Hall–Kier alpha value is -3.76. The Morgan fingerprint density at radius 3 is 2.45 bits per heavy atom. The molecule has 2 aromatic carbocycles. The smallest absolute Gasteiger partial charge is 0.188 e. The number of nitrogens with one attached hydrogen (secondary N) is 1. The van der Waals surface area contributed by atoms with E-state index in [1.54, 1.807) is 23.1 Å². The van der Waals surface area contributed by atoms with Crippen LogP contribution < -0.4 is 10.1 Å². The van der Waals surface area contributed by atoms with Crippen LogP contribution >= 0.6 is 23.1 Å². The molecule has 0 amide bonds. The molecule has 4 heterocycles. The van der Waals surface area contributed by atoms with Crippen molar-refractivity contribution in [3.8, 4) is 11.5 Å². The number of para-hydroxylation sites is 1. The van der Waals surface area contributed by atoms with Gasteiger partial charge in [0, 0.05) is 35.8 Å². The molecule has 2 atom stereocenters. The molecule has 6 rings (SSSR count). The Morgan fingerprint density at radius 2 is 1.73 bits per heavy atom. The molecule has 0 aliphatic carbocycles. The average Bonchev–Trinajstić information content (AvgIpc) is 3.52. The van der Waals surface area contributed by atoms with E-state index in [9.17, 15) is 5.11 Å². The highest BCUT2D eigenvalue weighted by molar-refractivity contribution is 7.99. The number of ether oxygens (including phenoxy) is 1. The van der Waals surface area contributed by atoms with Gasteiger partial charge in [0.25, 0.3) is 0 Å². The lowest BCUT2D eigenvalue weighted by Gasteiger charge is -2.37. The number of anilines is 2. The molecule has 1 fully saturated rings. The molecule has 0 radical (unpaired) electrons. The lowest BCUT2D eigenvalue weighted by molar-refractivity contribution is -0.00352. The van der Waals surface area contributed by atoms with E-state index in [0.29, 0.717) is 17.5 Å². The minimum atomic E-state index is -0.420. The van der Waals surface area contributed by atoms with Gasteiger partial charge in [0.2, 0.25) is 0 Å². The van der Waals surface area contributed by atoms with E-state index in [0.717, 1.165) is 65.9 Å². The maximum absolute atomic E-state index is 10.1. The van der Waals surface area contributed by atoms with Crippen molar-refractivity contribution in [1.29, 1.82) is 0 Å². The monoisotopic (exact) mass is 623 g/mol. The molecule has 0 spiro atoms. The highest BCUT2D eigenvalue weighted by atomic mass is 32.2. The van der Waals surface area contributed by atoms with Gasteiger partial charge >= 0.3 is 0 Å². The first kappa shape index (κ1) is 30.3. The minimum absolute atomic E-state index is 0.156. The Bertz CT molecular complexity index is 1590. The number of nitrogens with zero attached hydrogens (tertiary/aromatic N) is 4. The summed E-state index contributed by atoms with van der Waals surface area (Å²) in [7, 11) is 0. The third kappa shape index (κ3) is 8.04. The molecule has 0 saturated carbocycles. The van der Waals surface area contributed by atoms with Gasteiger partial charge in [-0.05, 0) is 74.4 Å². The number of hydrogen-bond acceptors (Lipinski definition) is 9. The molecule has 9 heteroatoms. The third-order valence-electron chi connectivity index (χ3n) is 7.86. The molecular weight excluding hydrogens is 587 g/mol. The standard InChI is InChI=1S/C35H37N5O2S2/c1-25(41)40-20-17-27(18-21-40)33(31-14-8-9-19-36-31)44-30-22-32(42-29-12-6-3-7-13-29)34(37-23-30)39-35-38-28(24-43-35)16-15-26-10-4-2-5-11-26/h2-14,19,22-25,27,33,41H,15-18,20-21H2,1H3,(H,37,38,39). The second-order valence-electron chi connectivity index (χ2n) is 11.0. The Morgan fingerprint density at radius 1 is 0.977 bits per heavy atom. The summed E-state index contributed by atoms with van der Waals surface area (Å²) in [5.74, 6) is 2.44. The van der Waals surface area contributed by atoms with E-state index >= 15 is 0 Å². The summed E-state index contributed by atoms with van der Waals surface area (Å²) < 4.78 is 6.40. The van der Waals surface area contributed by atoms with Crippen LogP contribution in [0.2, 0.25) is 0 Å². The molecule has 226 valence electrons. The molecule has 3 aromatic heterocycles. The zero-order valence-electron chi connectivity index (χ0n) is 24.8. The van der Waals surface area contributed by atoms with Crippen molar-refractivity contribution in [2.45, 2.75) is 49.0 Å². The van der Waals surface area contributed by atoms with Gasteiger partial charge in [0.15, 0.2) is 16.7 Å². The number of rotatable bonds is 12. The third-order valence-corrected chi connectivity index (χ3v) is 10.0. The van der Waals surface area contributed by atoms with Crippen molar-refractivity contribution in [2.75, 3.05) is 18.4 Å². The van der Waals surface area contributed by atoms with Crippen molar-refractivity contribution in [2.24, 2.45) is 5.92 Å². The number of thiazole rings is 1. The normalized spacial score (nSPS) is 15.5. The predicted octanol–water partition coefficient (Wildman–Crippen LogP) is 8.14. The number of aromatic nitrogens is 3. The predicted molar refractivity (Wildman–Crippen MR) is 179 cm³/mol. The second kappa shape index (κ2) is 14.8. The molecule has 5 aromatic rings. The van der Waals surface area contributed by atoms with Gasteiger partial charge < -0.3 is 15.2 Å². The Balaban J connectivity index is 1.22. The van der Waals surface area contributed by atoms with E-state index < -0.39 is 6.23 Å². The van der Waals surface area contributed by atoms with E-state index in [2.05, 4.69) is 58.1 Å². The van der Waals surface area contributed by atoms with E-state index in [4.69, 9.17) is 19.7 Å². The van der Waals surface area contributed by atoms with Gasteiger partial charge in [0.1, 0.15) is 12.0 Å². The summed E-state index contributed by atoms with van der Waals surface area (Å²) in [6, 6.07) is 28.5. The minimum Gasteiger partial charge on any atom is -0.453 e. The average molecular weight is 624 g/mol. The molecule has 1 saturated heterocycles. The van der Waals surface area contributed by atoms with Gasteiger partial charge in [-0.25, -0.2) is 9.97 Å².